The van der Waals surface area contributed by atoms with E-state index in [-0.39, 0.29) is 16.7 Å². The van der Waals surface area contributed by atoms with Gasteiger partial charge in [-0.05, 0) is 26.0 Å². The molecule has 3 heterocycles. The lowest BCUT2D eigenvalue weighted by atomic mass is 10.2. The number of Topliss-reactive ketones (excluding diaryl/α,β-unsaturated/α-hetero) is 1. The first-order valence-corrected chi connectivity index (χ1v) is 9.29. The molecule has 0 amide bonds. The highest BCUT2D eigenvalue weighted by molar-refractivity contribution is 7.99. The Bertz CT molecular complexity index is 936. The Morgan fingerprint density at radius 1 is 1.27 bits per heavy atom. The van der Waals surface area contributed by atoms with E-state index in [1.54, 1.807) is 12.3 Å². The Labute approximate surface area is 155 Å². The number of ketones is 1. The largest absolute Gasteiger partial charge is 0.433 e. The van der Waals surface area contributed by atoms with Crippen LogP contribution in [0.1, 0.15) is 27.4 Å². The molecule has 0 atom stereocenters. The van der Waals surface area contributed by atoms with Gasteiger partial charge in [0.15, 0.2) is 16.1 Å². The third-order valence-electron chi connectivity index (χ3n) is 3.60. The van der Waals surface area contributed by atoms with Crippen molar-refractivity contribution in [2.24, 2.45) is 0 Å². The van der Waals surface area contributed by atoms with Crippen LogP contribution in [-0.4, -0.2) is 31.1 Å². The summed E-state index contributed by atoms with van der Waals surface area (Å²) < 4.78 is 40.0. The number of carbonyl (C=O) groups excluding carboxylic acids is 1. The van der Waals surface area contributed by atoms with E-state index in [0.717, 1.165) is 40.5 Å². The molecule has 0 radical (unpaired) electrons. The maximum atomic E-state index is 12.7. The number of alkyl halides is 3. The fourth-order valence-electron chi connectivity index (χ4n) is 2.44. The molecule has 0 bridgehead atoms. The minimum Gasteiger partial charge on any atom is -0.294 e. The van der Waals surface area contributed by atoms with Gasteiger partial charge in [0.05, 0.1) is 5.75 Å². The summed E-state index contributed by atoms with van der Waals surface area (Å²) in [6, 6.07) is 2.56. The molecule has 3 aromatic heterocycles. The quantitative estimate of drug-likeness (QED) is 0.364. The van der Waals surface area contributed by atoms with E-state index >= 15 is 0 Å². The Morgan fingerprint density at radius 2 is 2.04 bits per heavy atom. The van der Waals surface area contributed by atoms with Crippen molar-refractivity contribution in [3.63, 3.8) is 0 Å². The fourth-order valence-corrected chi connectivity index (χ4v) is 3.91. The molecule has 10 heteroatoms. The minimum atomic E-state index is -4.54. The molecule has 0 aromatic carbocycles. The third-order valence-corrected chi connectivity index (χ3v) is 5.22. The van der Waals surface area contributed by atoms with Gasteiger partial charge in [-0.15, -0.1) is 11.3 Å². The first kappa shape index (κ1) is 18.6. The average molecular weight is 398 g/mol. The predicted octanol–water partition coefficient (Wildman–Crippen LogP) is 4.33. The van der Waals surface area contributed by atoms with E-state index in [4.69, 9.17) is 0 Å². The zero-order valence-electron chi connectivity index (χ0n) is 13.7. The summed E-state index contributed by atoms with van der Waals surface area (Å²) >= 11 is 2.33. The SMILES string of the molecule is Cc1cc(C(=O)CSc2nccc(C(F)(F)F)n2)c(C)n1-c1nccs1. The highest BCUT2D eigenvalue weighted by Gasteiger charge is 2.32. The van der Waals surface area contributed by atoms with Crippen LogP contribution in [0, 0.1) is 13.8 Å². The van der Waals surface area contributed by atoms with E-state index in [2.05, 4.69) is 15.0 Å². The van der Waals surface area contributed by atoms with E-state index < -0.39 is 11.9 Å². The predicted molar refractivity (Wildman–Crippen MR) is 93.0 cm³/mol. The third kappa shape index (κ3) is 3.80. The lowest BCUT2D eigenvalue weighted by Gasteiger charge is -2.07. The number of aromatic nitrogens is 4. The summed E-state index contributed by atoms with van der Waals surface area (Å²) in [5.41, 5.74) is 1.09. The Hall–Kier alpha value is -2.20. The molecule has 3 aromatic rings. The van der Waals surface area contributed by atoms with Gasteiger partial charge in [-0.2, -0.15) is 13.2 Å². The summed E-state index contributed by atoms with van der Waals surface area (Å²) in [6.45, 7) is 3.68. The molecule has 3 rings (SSSR count). The monoisotopic (exact) mass is 398 g/mol. The number of hydrogen-bond donors (Lipinski definition) is 0. The number of thiazole rings is 1. The Morgan fingerprint density at radius 3 is 2.69 bits per heavy atom. The van der Waals surface area contributed by atoms with Crippen molar-refractivity contribution in [2.45, 2.75) is 25.2 Å². The molecular weight excluding hydrogens is 385 g/mol. The van der Waals surface area contributed by atoms with Crippen molar-refractivity contribution in [3.8, 4) is 5.13 Å². The topological polar surface area (TPSA) is 60.7 Å². The van der Waals surface area contributed by atoms with Crippen molar-refractivity contribution < 1.29 is 18.0 Å². The summed E-state index contributed by atoms with van der Waals surface area (Å²) in [5, 5.41) is 2.52. The van der Waals surface area contributed by atoms with Crippen LogP contribution in [0.4, 0.5) is 13.2 Å². The molecule has 0 unspecified atom stereocenters. The van der Waals surface area contributed by atoms with E-state index in [1.807, 2.05) is 23.8 Å². The first-order valence-electron chi connectivity index (χ1n) is 7.42. The Balaban J connectivity index is 1.77. The highest BCUT2D eigenvalue weighted by Crippen LogP contribution is 2.29. The van der Waals surface area contributed by atoms with Gasteiger partial charge >= 0.3 is 6.18 Å². The van der Waals surface area contributed by atoms with Crippen molar-refractivity contribution in [2.75, 3.05) is 5.75 Å². The number of hydrogen-bond acceptors (Lipinski definition) is 6. The van der Waals surface area contributed by atoms with Gasteiger partial charge in [0.2, 0.25) is 0 Å². The fraction of sp³-hybridized carbons (Fsp3) is 0.250. The van der Waals surface area contributed by atoms with Crippen LogP contribution in [0.25, 0.3) is 5.13 Å². The second-order valence-corrected chi connectivity index (χ2v) is 7.18. The summed E-state index contributed by atoms with van der Waals surface area (Å²) in [7, 11) is 0. The lowest BCUT2D eigenvalue weighted by Crippen LogP contribution is -2.10. The molecule has 0 aliphatic heterocycles. The van der Waals surface area contributed by atoms with Gasteiger partial charge in [-0.25, -0.2) is 15.0 Å². The van der Waals surface area contributed by atoms with Crippen LogP contribution in [-0.2, 0) is 6.18 Å². The number of aryl methyl sites for hydroxylation is 1. The molecule has 26 heavy (non-hydrogen) atoms. The van der Waals surface area contributed by atoms with Gasteiger partial charge in [0, 0.05) is 34.7 Å². The van der Waals surface area contributed by atoms with Crippen molar-refractivity contribution in [1.29, 1.82) is 0 Å². The number of nitrogens with zero attached hydrogens (tertiary/aromatic N) is 4. The van der Waals surface area contributed by atoms with E-state index in [0.29, 0.717) is 5.56 Å². The van der Waals surface area contributed by atoms with Crippen LogP contribution >= 0.6 is 23.1 Å². The molecular formula is C16H13F3N4OS2. The maximum absolute atomic E-state index is 12.7. The zero-order chi connectivity index (χ0) is 18.9. The second kappa shape index (κ2) is 7.20. The summed E-state index contributed by atoms with van der Waals surface area (Å²) in [6.07, 6.45) is -1.82. The van der Waals surface area contributed by atoms with Crippen LogP contribution in [0.3, 0.4) is 0 Å². The van der Waals surface area contributed by atoms with Crippen LogP contribution in [0.15, 0.2) is 35.1 Å². The molecule has 0 saturated heterocycles. The smallest absolute Gasteiger partial charge is 0.294 e. The van der Waals surface area contributed by atoms with Crippen molar-refractivity contribution in [1.82, 2.24) is 19.5 Å². The van der Waals surface area contributed by atoms with Gasteiger partial charge in [-0.1, -0.05) is 11.8 Å². The summed E-state index contributed by atoms with van der Waals surface area (Å²) in [5.74, 6) is -0.254. The molecule has 0 aliphatic rings. The molecule has 0 fully saturated rings. The summed E-state index contributed by atoms with van der Waals surface area (Å²) in [4.78, 5) is 24.0. The normalized spacial score (nSPS) is 11.7. The number of carbonyl (C=O) groups is 1. The van der Waals surface area contributed by atoms with Gasteiger partial charge in [0.1, 0.15) is 5.69 Å². The highest BCUT2D eigenvalue weighted by atomic mass is 32.2. The van der Waals surface area contributed by atoms with Crippen LogP contribution < -0.4 is 0 Å². The standard InChI is InChI=1S/C16H13F3N4OS2/c1-9-7-11(10(2)23(9)15-21-5-6-25-15)12(24)8-26-14-20-4-3-13(22-14)16(17,18)19/h3-7H,8H2,1-2H3. The average Bonchev–Trinajstić information content (AvgIpc) is 3.20. The Kier molecular flexibility index (Phi) is 5.15. The van der Waals surface area contributed by atoms with Crippen molar-refractivity contribution >= 4 is 28.9 Å². The molecule has 136 valence electrons. The van der Waals surface area contributed by atoms with Crippen LogP contribution in [0.2, 0.25) is 0 Å². The number of thioether (sulfide) groups is 1. The van der Waals surface area contributed by atoms with E-state index in [1.165, 1.54) is 11.3 Å². The minimum absolute atomic E-state index is 0.0521. The van der Waals surface area contributed by atoms with E-state index in [9.17, 15) is 18.0 Å². The molecule has 0 saturated carbocycles. The van der Waals surface area contributed by atoms with Gasteiger partial charge in [0.25, 0.3) is 0 Å². The number of halogens is 3. The second-order valence-electron chi connectivity index (χ2n) is 5.37. The maximum Gasteiger partial charge on any atom is 0.433 e. The van der Waals surface area contributed by atoms with Gasteiger partial charge in [-0.3, -0.25) is 9.36 Å². The van der Waals surface area contributed by atoms with Crippen molar-refractivity contribution in [3.05, 3.63) is 52.6 Å². The molecule has 0 aliphatic carbocycles. The molecule has 5 nitrogen and oxygen atoms in total. The first-order chi connectivity index (χ1) is 12.3. The van der Waals surface area contributed by atoms with Gasteiger partial charge < -0.3 is 0 Å². The lowest BCUT2D eigenvalue weighted by molar-refractivity contribution is -0.141. The molecule has 0 N–H and O–H groups in total. The molecule has 0 spiro atoms. The zero-order valence-corrected chi connectivity index (χ0v) is 15.4. The number of rotatable bonds is 5. The van der Waals surface area contributed by atoms with Crippen LogP contribution in [0.5, 0.6) is 0 Å².